The summed E-state index contributed by atoms with van der Waals surface area (Å²) in [6.45, 7) is 4.94. The highest BCUT2D eigenvalue weighted by atomic mass is 19.1. The van der Waals surface area contributed by atoms with Gasteiger partial charge >= 0.3 is 12.0 Å². The Hall–Kier alpha value is -2.11. The maximum absolute atomic E-state index is 13.6. The maximum Gasteiger partial charge on any atom is 0.335 e. The van der Waals surface area contributed by atoms with Crippen LogP contribution < -0.4 is 5.32 Å². The lowest BCUT2D eigenvalue weighted by atomic mass is 10.2. The normalized spacial score (nSPS) is 10.2. The van der Waals surface area contributed by atoms with Crippen LogP contribution in [0.5, 0.6) is 0 Å². The van der Waals surface area contributed by atoms with E-state index in [0.717, 1.165) is 31.0 Å². The Morgan fingerprint density at radius 1 is 1.35 bits per heavy atom. The molecule has 0 saturated carbocycles. The summed E-state index contributed by atoms with van der Waals surface area (Å²) in [7, 11) is 0. The standard InChI is InChI=1S/C14H19FN2O3/c1-3-5-8-17(4-2)14(20)16-12-9-10(13(18)19)6-7-11(12)15/h6-7,9H,3-5,8H2,1-2H3,(H,16,20)(H,18,19). The highest BCUT2D eigenvalue weighted by molar-refractivity contribution is 5.93. The van der Waals surface area contributed by atoms with E-state index < -0.39 is 17.8 Å². The summed E-state index contributed by atoms with van der Waals surface area (Å²) < 4.78 is 13.6. The average Bonchev–Trinajstić information content (AvgIpc) is 2.41. The predicted molar refractivity (Wildman–Crippen MR) is 74.5 cm³/mol. The monoisotopic (exact) mass is 282 g/mol. The van der Waals surface area contributed by atoms with Crippen LogP contribution in [0.25, 0.3) is 0 Å². The number of carbonyl (C=O) groups excluding carboxylic acids is 1. The maximum atomic E-state index is 13.6. The second-order valence-corrected chi connectivity index (χ2v) is 4.36. The van der Waals surface area contributed by atoms with Crippen LogP contribution in [-0.4, -0.2) is 35.1 Å². The van der Waals surface area contributed by atoms with Crippen molar-refractivity contribution in [3.63, 3.8) is 0 Å². The molecular weight excluding hydrogens is 263 g/mol. The lowest BCUT2D eigenvalue weighted by Crippen LogP contribution is -2.35. The van der Waals surface area contributed by atoms with E-state index >= 15 is 0 Å². The smallest absolute Gasteiger partial charge is 0.335 e. The molecule has 0 spiro atoms. The van der Waals surface area contributed by atoms with Crippen molar-refractivity contribution in [2.45, 2.75) is 26.7 Å². The molecule has 1 rings (SSSR count). The second kappa shape index (κ2) is 7.47. The minimum atomic E-state index is -1.17. The van der Waals surface area contributed by atoms with Gasteiger partial charge in [-0.3, -0.25) is 0 Å². The van der Waals surface area contributed by atoms with Gasteiger partial charge in [-0.1, -0.05) is 13.3 Å². The fraction of sp³-hybridized carbons (Fsp3) is 0.429. The quantitative estimate of drug-likeness (QED) is 0.842. The molecule has 20 heavy (non-hydrogen) atoms. The van der Waals surface area contributed by atoms with Crippen LogP contribution in [0.2, 0.25) is 0 Å². The molecule has 0 unspecified atom stereocenters. The van der Waals surface area contributed by atoms with Gasteiger partial charge in [-0.05, 0) is 31.5 Å². The number of hydrogen-bond acceptors (Lipinski definition) is 2. The topological polar surface area (TPSA) is 69.6 Å². The highest BCUT2D eigenvalue weighted by Crippen LogP contribution is 2.17. The first-order valence-electron chi connectivity index (χ1n) is 6.58. The van der Waals surface area contributed by atoms with Crippen molar-refractivity contribution in [3.05, 3.63) is 29.6 Å². The molecule has 5 nitrogen and oxygen atoms in total. The van der Waals surface area contributed by atoms with Crippen LogP contribution in [0.1, 0.15) is 37.0 Å². The van der Waals surface area contributed by atoms with Crippen molar-refractivity contribution in [1.29, 1.82) is 0 Å². The second-order valence-electron chi connectivity index (χ2n) is 4.36. The zero-order valence-corrected chi connectivity index (χ0v) is 11.6. The Morgan fingerprint density at radius 2 is 2.05 bits per heavy atom. The van der Waals surface area contributed by atoms with Gasteiger partial charge in [-0.15, -0.1) is 0 Å². The summed E-state index contributed by atoms with van der Waals surface area (Å²) in [5, 5.41) is 11.3. The lowest BCUT2D eigenvalue weighted by molar-refractivity contribution is 0.0697. The number of amides is 2. The minimum absolute atomic E-state index is 0.0710. The molecule has 110 valence electrons. The number of benzene rings is 1. The van der Waals surface area contributed by atoms with Crippen LogP contribution in [0, 0.1) is 5.82 Å². The first kappa shape index (κ1) is 15.9. The number of halogens is 1. The molecule has 0 heterocycles. The zero-order valence-electron chi connectivity index (χ0n) is 11.6. The zero-order chi connectivity index (χ0) is 15.1. The van der Waals surface area contributed by atoms with Crippen LogP contribution in [0.3, 0.4) is 0 Å². The number of rotatable bonds is 6. The number of hydrogen-bond donors (Lipinski definition) is 2. The third-order valence-electron chi connectivity index (χ3n) is 2.91. The molecule has 6 heteroatoms. The van der Waals surface area contributed by atoms with E-state index in [9.17, 15) is 14.0 Å². The van der Waals surface area contributed by atoms with Gasteiger partial charge in [0.1, 0.15) is 5.82 Å². The van der Waals surface area contributed by atoms with Crippen molar-refractivity contribution in [1.82, 2.24) is 4.90 Å². The first-order chi connectivity index (χ1) is 9.49. The molecule has 0 atom stereocenters. The van der Waals surface area contributed by atoms with Crippen LogP contribution >= 0.6 is 0 Å². The molecule has 2 N–H and O–H groups in total. The number of aromatic carboxylic acids is 1. The molecule has 1 aromatic carbocycles. The van der Waals surface area contributed by atoms with E-state index in [1.165, 1.54) is 0 Å². The Labute approximate surface area is 117 Å². The molecule has 1 aromatic rings. The average molecular weight is 282 g/mol. The lowest BCUT2D eigenvalue weighted by Gasteiger charge is -2.21. The van der Waals surface area contributed by atoms with Crippen LogP contribution in [0.4, 0.5) is 14.9 Å². The highest BCUT2D eigenvalue weighted by Gasteiger charge is 2.15. The largest absolute Gasteiger partial charge is 0.478 e. The van der Waals surface area contributed by atoms with E-state index in [1.54, 1.807) is 4.90 Å². The van der Waals surface area contributed by atoms with Gasteiger partial charge in [-0.2, -0.15) is 0 Å². The number of carboxylic acid groups (broad SMARTS) is 1. The van der Waals surface area contributed by atoms with Gasteiger partial charge in [0.25, 0.3) is 0 Å². The predicted octanol–water partition coefficient (Wildman–Crippen LogP) is 3.18. The van der Waals surface area contributed by atoms with Crippen molar-refractivity contribution < 1.29 is 19.1 Å². The molecule has 0 aliphatic heterocycles. The molecule has 0 fully saturated rings. The van der Waals surface area contributed by atoms with E-state index in [4.69, 9.17) is 5.11 Å². The molecule has 0 saturated heterocycles. The molecule has 0 aliphatic carbocycles. The number of nitrogens with one attached hydrogen (secondary N) is 1. The Bertz CT molecular complexity index is 491. The summed E-state index contributed by atoms with van der Waals surface area (Å²) in [4.78, 5) is 24.4. The van der Waals surface area contributed by atoms with E-state index in [1.807, 2.05) is 13.8 Å². The van der Waals surface area contributed by atoms with Crippen molar-refractivity contribution >= 4 is 17.7 Å². The Morgan fingerprint density at radius 3 is 2.60 bits per heavy atom. The van der Waals surface area contributed by atoms with E-state index in [0.29, 0.717) is 13.1 Å². The molecule has 0 aromatic heterocycles. The Balaban J connectivity index is 2.83. The number of carboxylic acids is 1. The first-order valence-corrected chi connectivity index (χ1v) is 6.58. The fourth-order valence-electron chi connectivity index (χ4n) is 1.70. The van der Waals surface area contributed by atoms with Crippen molar-refractivity contribution in [3.8, 4) is 0 Å². The van der Waals surface area contributed by atoms with Crippen molar-refractivity contribution in [2.75, 3.05) is 18.4 Å². The SMILES string of the molecule is CCCCN(CC)C(=O)Nc1cc(C(=O)O)ccc1F. The van der Waals surface area contributed by atoms with Gasteiger partial charge in [0.05, 0.1) is 11.3 Å². The molecule has 2 amide bonds. The van der Waals surface area contributed by atoms with Gasteiger partial charge in [-0.25, -0.2) is 14.0 Å². The van der Waals surface area contributed by atoms with Gasteiger partial charge in [0.2, 0.25) is 0 Å². The Kier molecular flexibility index (Phi) is 5.96. The summed E-state index contributed by atoms with van der Waals surface area (Å²) in [5.74, 6) is -1.83. The fourth-order valence-corrected chi connectivity index (χ4v) is 1.70. The number of anilines is 1. The summed E-state index contributed by atoms with van der Waals surface area (Å²) in [5.41, 5.74) is -0.192. The molecule has 0 aliphatic rings. The number of urea groups is 1. The molecule has 0 radical (unpaired) electrons. The molecule has 0 bridgehead atoms. The van der Waals surface area contributed by atoms with E-state index in [2.05, 4.69) is 5.32 Å². The van der Waals surface area contributed by atoms with Gasteiger partial charge in [0.15, 0.2) is 0 Å². The summed E-state index contributed by atoms with van der Waals surface area (Å²) in [6, 6.07) is 2.87. The summed E-state index contributed by atoms with van der Waals surface area (Å²) >= 11 is 0. The van der Waals surface area contributed by atoms with Crippen LogP contribution in [0.15, 0.2) is 18.2 Å². The van der Waals surface area contributed by atoms with Gasteiger partial charge in [0, 0.05) is 13.1 Å². The van der Waals surface area contributed by atoms with Gasteiger partial charge < -0.3 is 15.3 Å². The summed E-state index contributed by atoms with van der Waals surface area (Å²) in [6.07, 6.45) is 1.81. The number of unbranched alkanes of at least 4 members (excludes halogenated alkanes) is 1. The third-order valence-corrected chi connectivity index (χ3v) is 2.91. The number of nitrogens with zero attached hydrogens (tertiary/aromatic N) is 1. The third kappa shape index (κ3) is 4.22. The van der Waals surface area contributed by atoms with E-state index in [-0.39, 0.29) is 11.3 Å². The van der Waals surface area contributed by atoms with Crippen LogP contribution in [-0.2, 0) is 0 Å². The minimum Gasteiger partial charge on any atom is -0.478 e. The molecular formula is C14H19FN2O3. The van der Waals surface area contributed by atoms with Crippen molar-refractivity contribution in [2.24, 2.45) is 0 Å². The number of carbonyl (C=O) groups is 2.